The van der Waals surface area contributed by atoms with Crippen molar-refractivity contribution in [2.45, 2.75) is 0 Å². The molecule has 4 radical (unpaired) electrons. The van der Waals surface area contributed by atoms with Crippen LogP contribution in [0.25, 0.3) is 0 Å². The zero-order valence-corrected chi connectivity index (χ0v) is 4.48. The maximum Gasteiger partial charge on any atom is 0.226 e. The van der Waals surface area contributed by atoms with Crippen LogP contribution in [0, 0.1) is 0 Å². The highest BCUT2D eigenvalue weighted by molar-refractivity contribution is 6.14. The largest absolute Gasteiger partial charge is 0.408 e. The second kappa shape index (κ2) is 4.71. The van der Waals surface area contributed by atoms with Gasteiger partial charge in [0.25, 0.3) is 0 Å². The fraction of sp³-hybridized carbons (Fsp3) is 0.667. The number of hydrogen-bond acceptors (Lipinski definition) is 2. The summed E-state index contributed by atoms with van der Waals surface area (Å²) in [7, 11) is 9.73. The van der Waals surface area contributed by atoms with Crippen molar-refractivity contribution < 1.29 is 4.79 Å². The Morgan fingerprint density at radius 1 is 1.62 bits per heavy atom. The minimum absolute atomic E-state index is 0.174. The lowest BCUT2D eigenvalue weighted by Gasteiger charge is -1.97. The van der Waals surface area contributed by atoms with Crippen molar-refractivity contribution in [2.24, 2.45) is 0 Å². The van der Waals surface area contributed by atoms with E-state index in [4.69, 9.17) is 15.8 Å². The molecular formula is C3H6B2N2O. The summed E-state index contributed by atoms with van der Waals surface area (Å²) in [6.45, 7) is 0.174. The quantitative estimate of drug-likeness (QED) is 0.406. The topological polar surface area (TPSA) is 41.1 Å². The first-order valence-electron chi connectivity index (χ1n) is 2.21. The molecule has 1 amide bonds. The Morgan fingerprint density at radius 2 is 2.25 bits per heavy atom. The highest BCUT2D eigenvalue weighted by Gasteiger charge is 1.90. The van der Waals surface area contributed by atoms with Gasteiger partial charge in [-0.1, -0.05) is 0 Å². The molecule has 0 saturated heterocycles. The van der Waals surface area contributed by atoms with Gasteiger partial charge in [0.1, 0.15) is 0 Å². The predicted octanol–water partition coefficient (Wildman–Crippen LogP) is -2.10. The molecule has 0 aliphatic carbocycles. The third-order valence-electron chi connectivity index (χ3n) is 0.591. The van der Waals surface area contributed by atoms with Crippen LogP contribution in [0.2, 0.25) is 0 Å². The Labute approximate surface area is 51.1 Å². The molecule has 0 rings (SSSR count). The molecule has 3 nitrogen and oxygen atoms in total. The molecule has 0 atom stereocenters. The number of hydrogen-bond donors (Lipinski definition) is 2. The molecule has 0 aliphatic rings. The van der Waals surface area contributed by atoms with Crippen molar-refractivity contribution in [3.05, 3.63) is 0 Å². The van der Waals surface area contributed by atoms with Gasteiger partial charge in [0.15, 0.2) is 0 Å². The molecular weight excluding hydrogens is 102 g/mol. The number of carbonyl (C=O) groups is 1. The van der Waals surface area contributed by atoms with E-state index in [2.05, 4.69) is 5.32 Å². The Bertz CT molecular complexity index is 77.7. The van der Waals surface area contributed by atoms with Crippen molar-refractivity contribution in [2.75, 3.05) is 13.0 Å². The SMILES string of the molecule is [B]CNCC(=O)N[B]. The highest BCUT2D eigenvalue weighted by Crippen LogP contribution is 1.55. The van der Waals surface area contributed by atoms with Gasteiger partial charge >= 0.3 is 0 Å². The van der Waals surface area contributed by atoms with Crippen molar-refractivity contribution in [3.8, 4) is 0 Å². The molecule has 0 aromatic carbocycles. The molecule has 0 aromatic rings. The second-order valence-corrected chi connectivity index (χ2v) is 1.20. The van der Waals surface area contributed by atoms with Gasteiger partial charge in [-0.05, 0) is 6.44 Å². The first-order chi connectivity index (χ1) is 3.81. The first-order valence-corrected chi connectivity index (χ1v) is 2.21. The third-order valence-corrected chi connectivity index (χ3v) is 0.591. The summed E-state index contributed by atoms with van der Waals surface area (Å²) in [5.41, 5.74) is 0. The smallest absolute Gasteiger partial charge is 0.226 e. The van der Waals surface area contributed by atoms with Crippen LogP contribution < -0.4 is 10.5 Å². The molecule has 0 aliphatic heterocycles. The molecule has 2 N–H and O–H groups in total. The van der Waals surface area contributed by atoms with E-state index in [-0.39, 0.29) is 18.9 Å². The van der Waals surface area contributed by atoms with Crippen LogP contribution in [-0.4, -0.2) is 34.7 Å². The van der Waals surface area contributed by atoms with E-state index in [1.165, 1.54) is 0 Å². The lowest BCUT2D eigenvalue weighted by molar-refractivity contribution is -0.118. The van der Waals surface area contributed by atoms with Gasteiger partial charge in [-0.3, -0.25) is 4.79 Å². The molecule has 0 heterocycles. The van der Waals surface area contributed by atoms with Gasteiger partial charge in [0.2, 0.25) is 13.9 Å². The minimum Gasteiger partial charge on any atom is -0.408 e. The number of amides is 1. The van der Waals surface area contributed by atoms with Crippen LogP contribution in [0.1, 0.15) is 0 Å². The Kier molecular flexibility index (Phi) is 4.45. The van der Waals surface area contributed by atoms with Crippen LogP contribution in [-0.2, 0) is 4.79 Å². The Hall–Kier alpha value is -0.440. The molecule has 0 bridgehead atoms. The summed E-state index contributed by atoms with van der Waals surface area (Å²) < 4.78 is 0. The second-order valence-electron chi connectivity index (χ2n) is 1.20. The standard InChI is InChI=1S/C3H6B2N2O/c4-2-6-1-3(8)7-5/h6H,1-2H2,(H,7,8). The summed E-state index contributed by atoms with van der Waals surface area (Å²) >= 11 is 0. The van der Waals surface area contributed by atoms with E-state index >= 15 is 0 Å². The Morgan fingerprint density at radius 3 is 2.62 bits per heavy atom. The van der Waals surface area contributed by atoms with Crippen LogP contribution in [0.3, 0.4) is 0 Å². The van der Waals surface area contributed by atoms with Crippen LogP contribution in [0.5, 0.6) is 0 Å². The summed E-state index contributed by atoms with van der Waals surface area (Å²) in [5.74, 6) is -0.268. The minimum atomic E-state index is -0.268. The van der Waals surface area contributed by atoms with E-state index in [9.17, 15) is 4.79 Å². The first kappa shape index (κ1) is 7.56. The molecule has 0 fully saturated rings. The fourth-order valence-corrected chi connectivity index (χ4v) is 0.237. The lowest BCUT2D eigenvalue weighted by Crippen LogP contribution is -2.32. The van der Waals surface area contributed by atoms with Crippen molar-refractivity contribution in [3.63, 3.8) is 0 Å². The zero-order valence-electron chi connectivity index (χ0n) is 4.48. The Balaban J connectivity index is 2.99. The third kappa shape index (κ3) is 3.74. The number of carbonyl (C=O) groups excluding carboxylic acids is 1. The molecule has 0 saturated carbocycles. The fourth-order valence-electron chi connectivity index (χ4n) is 0.237. The maximum absolute atomic E-state index is 10.2. The van der Waals surface area contributed by atoms with Crippen LogP contribution in [0.15, 0.2) is 0 Å². The van der Waals surface area contributed by atoms with E-state index in [1.807, 2.05) is 5.23 Å². The number of nitrogens with one attached hydrogen (secondary N) is 2. The van der Waals surface area contributed by atoms with E-state index in [0.717, 1.165) is 0 Å². The molecule has 0 unspecified atom stereocenters. The number of rotatable bonds is 3. The van der Waals surface area contributed by atoms with E-state index in [0.29, 0.717) is 0 Å². The van der Waals surface area contributed by atoms with Gasteiger partial charge < -0.3 is 10.5 Å². The van der Waals surface area contributed by atoms with E-state index in [1.54, 1.807) is 0 Å². The summed E-state index contributed by atoms with van der Waals surface area (Å²) in [5, 5.41) is 4.53. The van der Waals surface area contributed by atoms with Gasteiger partial charge in [-0.15, -0.1) is 0 Å². The van der Waals surface area contributed by atoms with Crippen LogP contribution in [0.4, 0.5) is 0 Å². The molecule has 5 heteroatoms. The molecule has 40 valence electrons. The van der Waals surface area contributed by atoms with Gasteiger partial charge in [-0.2, -0.15) is 0 Å². The van der Waals surface area contributed by atoms with Gasteiger partial charge in [0.05, 0.1) is 14.4 Å². The zero-order chi connectivity index (χ0) is 6.41. The van der Waals surface area contributed by atoms with Crippen molar-refractivity contribution in [1.82, 2.24) is 10.5 Å². The van der Waals surface area contributed by atoms with Crippen molar-refractivity contribution in [1.29, 1.82) is 0 Å². The summed E-state index contributed by atoms with van der Waals surface area (Å²) in [4.78, 5) is 10.2. The monoisotopic (exact) mass is 108 g/mol. The summed E-state index contributed by atoms with van der Waals surface area (Å²) in [6.07, 6.45) is 0.285. The maximum atomic E-state index is 10.2. The average molecular weight is 108 g/mol. The molecule has 0 aromatic heterocycles. The van der Waals surface area contributed by atoms with E-state index < -0.39 is 0 Å². The van der Waals surface area contributed by atoms with Gasteiger partial charge in [0, 0.05) is 0 Å². The predicted molar refractivity (Wildman–Crippen MR) is 32.5 cm³/mol. The average Bonchev–Trinajstić information content (AvgIpc) is 1.83. The molecule has 0 spiro atoms. The highest BCUT2D eigenvalue weighted by atomic mass is 16.1. The lowest BCUT2D eigenvalue weighted by atomic mass is 10.2. The molecule has 8 heavy (non-hydrogen) atoms. The summed E-state index contributed by atoms with van der Waals surface area (Å²) in [6, 6.07) is 0. The van der Waals surface area contributed by atoms with Gasteiger partial charge in [-0.25, -0.2) is 0 Å². The van der Waals surface area contributed by atoms with Crippen LogP contribution >= 0.6 is 0 Å². The van der Waals surface area contributed by atoms with Crippen molar-refractivity contribution >= 4 is 21.7 Å². The normalized spacial score (nSPS) is 8.50.